The Hall–Kier alpha value is -0.150. The Balaban J connectivity index is 2.44. The summed E-state index contributed by atoms with van der Waals surface area (Å²) >= 11 is 0. The summed E-state index contributed by atoms with van der Waals surface area (Å²) in [6, 6.07) is 0. The number of hydrogen-bond acceptors (Lipinski definition) is 1. The Morgan fingerprint density at radius 3 is 2.33 bits per heavy atom. The van der Waals surface area contributed by atoms with Crippen molar-refractivity contribution in [1.82, 2.24) is 4.90 Å². The van der Waals surface area contributed by atoms with E-state index in [9.17, 15) is 4.39 Å². The van der Waals surface area contributed by atoms with Gasteiger partial charge in [-0.05, 0) is 13.8 Å². The van der Waals surface area contributed by atoms with Gasteiger partial charge in [0.15, 0.2) is 0 Å². The minimum atomic E-state index is -0.277. The number of piperazine rings is 1. The van der Waals surface area contributed by atoms with Gasteiger partial charge >= 0.3 is 0 Å². The third-order valence-electron chi connectivity index (χ3n) is 2.65. The lowest BCUT2D eigenvalue weighted by atomic mass is 10.0. The van der Waals surface area contributed by atoms with Gasteiger partial charge in [0.1, 0.15) is 6.67 Å². The van der Waals surface area contributed by atoms with E-state index in [0.29, 0.717) is 0 Å². The molecule has 0 unspecified atom stereocenters. The Bertz CT molecular complexity index is 139. The molecule has 2 nitrogen and oxygen atoms in total. The standard InChI is InChI=1S/C9H19FN2/c1-9(2,8-10)12-6-4-11(3)5-7-12/h11H,3-8H2,1-2H3. The second kappa shape index (κ2) is 3.71. The van der Waals surface area contributed by atoms with E-state index >= 15 is 0 Å². The van der Waals surface area contributed by atoms with Gasteiger partial charge in [-0.2, -0.15) is 7.05 Å². The average molecular weight is 174 g/mol. The van der Waals surface area contributed by atoms with Crippen LogP contribution in [0.1, 0.15) is 13.8 Å². The first-order valence-corrected chi connectivity index (χ1v) is 4.54. The van der Waals surface area contributed by atoms with E-state index in [1.807, 2.05) is 13.8 Å². The molecule has 0 aromatic heterocycles. The summed E-state index contributed by atoms with van der Waals surface area (Å²) in [7, 11) is 3.94. The fourth-order valence-electron chi connectivity index (χ4n) is 1.51. The van der Waals surface area contributed by atoms with Gasteiger partial charge in [0, 0.05) is 18.6 Å². The first kappa shape index (κ1) is 9.93. The quantitative estimate of drug-likeness (QED) is 0.566. The van der Waals surface area contributed by atoms with Gasteiger partial charge in [-0.1, -0.05) is 0 Å². The van der Waals surface area contributed by atoms with Crippen LogP contribution in [0.15, 0.2) is 0 Å². The zero-order chi connectivity index (χ0) is 9.19. The van der Waals surface area contributed by atoms with Crippen LogP contribution in [-0.4, -0.2) is 43.3 Å². The molecule has 0 spiro atoms. The number of hydrogen-bond donors (Lipinski definition) is 1. The molecule has 12 heavy (non-hydrogen) atoms. The number of halogens is 1. The number of nitrogens with one attached hydrogen (secondary N) is 1. The lowest BCUT2D eigenvalue weighted by Gasteiger charge is -2.42. The van der Waals surface area contributed by atoms with Crippen molar-refractivity contribution in [1.29, 1.82) is 0 Å². The Kier molecular flexibility index (Phi) is 3.07. The van der Waals surface area contributed by atoms with Crippen LogP contribution in [0, 0.1) is 7.05 Å². The second-order valence-electron chi connectivity index (χ2n) is 4.18. The van der Waals surface area contributed by atoms with E-state index in [0.717, 1.165) is 26.2 Å². The fourth-order valence-corrected chi connectivity index (χ4v) is 1.51. The van der Waals surface area contributed by atoms with Gasteiger partial charge in [-0.15, -0.1) is 0 Å². The summed E-state index contributed by atoms with van der Waals surface area (Å²) in [4.78, 5) is 3.52. The number of rotatable bonds is 2. The van der Waals surface area contributed by atoms with E-state index in [2.05, 4.69) is 11.9 Å². The van der Waals surface area contributed by atoms with Gasteiger partial charge in [-0.25, -0.2) is 4.39 Å². The topological polar surface area (TPSA) is 7.68 Å². The van der Waals surface area contributed by atoms with Crippen LogP contribution in [0.25, 0.3) is 0 Å². The van der Waals surface area contributed by atoms with Crippen molar-refractivity contribution < 1.29 is 9.29 Å². The third-order valence-corrected chi connectivity index (χ3v) is 2.65. The van der Waals surface area contributed by atoms with Gasteiger partial charge in [0.2, 0.25) is 0 Å². The molecular formula is C9H19FN2. The van der Waals surface area contributed by atoms with Crippen molar-refractivity contribution in [2.24, 2.45) is 0 Å². The van der Waals surface area contributed by atoms with E-state index in [1.165, 1.54) is 4.90 Å². The lowest BCUT2D eigenvalue weighted by molar-refractivity contribution is -0.859. The normalized spacial score (nSPS) is 23.0. The molecule has 1 aliphatic heterocycles. The third kappa shape index (κ3) is 2.17. The molecule has 0 radical (unpaired) electrons. The molecule has 1 aliphatic rings. The monoisotopic (exact) mass is 174 g/mol. The molecule has 72 valence electrons. The SMILES string of the molecule is [CH2-][NH+]1CCN(C(C)(C)CF)CC1. The molecule has 0 aliphatic carbocycles. The molecule has 0 atom stereocenters. The van der Waals surface area contributed by atoms with Crippen LogP contribution < -0.4 is 4.90 Å². The van der Waals surface area contributed by atoms with Crippen molar-refractivity contribution in [3.63, 3.8) is 0 Å². The minimum absolute atomic E-state index is 0.264. The number of alkyl halides is 1. The first-order chi connectivity index (χ1) is 5.56. The zero-order valence-electron chi connectivity index (χ0n) is 8.07. The highest BCUT2D eigenvalue weighted by Gasteiger charge is 2.29. The van der Waals surface area contributed by atoms with Gasteiger partial charge in [0.05, 0.1) is 13.1 Å². The Labute approximate surface area is 74.3 Å². The molecular weight excluding hydrogens is 155 g/mol. The maximum atomic E-state index is 12.6. The average Bonchev–Trinajstić information content (AvgIpc) is 2.05. The first-order valence-electron chi connectivity index (χ1n) is 4.54. The smallest absolute Gasteiger partial charge is 0.107 e. The molecule has 1 rings (SSSR count). The highest BCUT2D eigenvalue weighted by molar-refractivity contribution is 4.81. The second-order valence-corrected chi connectivity index (χ2v) is 4.18. The molecule has 0 aromatic carbocycles. The molecule has 3 heteroatoms. The largest absolute Gasteiger partial charge is 0.466 e. The van der Waals surface area contributed by atoms with Crippen molar-refractivity contribution >= 4 is 0 Å². The zero-order valence-corrected chi connectivity index (χ0v) is 8.07. The Morgan fingerprint density at radius 2 is 1.92 bits per heavy atom. The maximum Gasteiger partial charge on any atom is 0.107 e. The number of quaternary nitrogens is 1. The molecule has 0 bridgehead atoms. The van der Waals surface area contributed by atoms with E-state index in [1.54, 1.807) is 0 Å². The summed E-state index contributed by atoms with van der Waals surface area (Å²) in [5.74, 6) is 0. The highest BCUT2D eigenvalue weighted by atomic mass is 19.1. The number of nitrogens with zero attached hydrogens (tertiary/aromatic N) is 1. The minimum Gasteiger partial charge on any atom is -0.466 e. The summed E-state index contributed by atoms with van der Waals surface area (Å²) in [6.07, 6.45) is 0. The fraction of sp³-hybridized carbons (Fsp3) is 0.889. The maximum absolute atomic E-state index is 12.6. The van der Waals surface area contributed by atoms with Crippen molar-refractivity contribution in [2.45, 2.75) is 19.4 Å². The van der Waals surface area contributed by atoms with Crippen LogP contribution in [0.2, 0.25) is 0 Å². The van der Waals surface area contributed by atoms with Crippen molar-refractivity contribution in [3.8, 4) is 0 Å². The highest BCUT2D eigenvalue weighted by Crippen LogP contribution is 2.14. The van der Waals surface area contributed by atoms with Gasteiger partial charge < -0.3 is 4.90 Å². The van der Waals surface area contributed by atoms with E-state index in [4.69, 9.17) is 0 Å². The van der Waals surface area contributed by atoms with E-state index < -0.39 is 0 Å². The van der Waals surface area contributed by atoms with Crippen LogP contribution >= 0.6 is 0 Å². The molecule has 0 aromatic rings. The molecule has 0 amide bonds. The van der Waals surface area contributed by atoms with Crippen LogP contribution in [0.3, 0.4) is 0 Å². The van der Waals surface area contributed by atoms with E-state index in [-0.39, 0.29) is 12.2 Å². The molecule has 1 N–H and O–H groups in total. The molecule has 0 saturated carbocycles. The summed E-state index contributed by atoms with van der Waals surface area (Å²) in [6.45, 7) is 7.65. The Morgan fingerprint density at radius 1 is 1.42 bits per heavy atom. The predicted octanol–water partition coefficient (Wildman–Crippen LogP) is -0.273. The van der Waals surface area contributed by atoms with Crippen molar-refractivity contribution in [2.75, 3.05) is 32.9 Å². The lowest BCUT2D eigenvalue weighted by Crippen LogP contribution is -3.10. The van der Waals surface area contributed by atoms with Crippen molar-refractivity contribution in [3.05, 3.63) is 7.05 Å². The molecule has 1 saturated heterocycles. The van der Waals surface area contributed by atoms with Gasteiger partial charge in [-0.3, -0.25) is 4.90 Å². The van der Waals surface area contributed by atoms with Gasteiger partial charge in [0.25, 0.3) is 0 Å². The summed E-state index contributed by atoms with van der Waals surface area (Å²) < 4.78 is 12.6. The molecule has 1 heterocycles. The summed E-state index contributed by atoms with van der Waals surface area (Å²) in [5.41, 5.74) is -0.277. The van der Waals surface area contributed by atoms with Crippen LogP contribution in [-0.2, 0) is 0 Å². The summed E-state index contributed by atoms with van der Waals surface area (Å²) in [5, 5.41) is 0. The predicted molar refractivity (Wildman–Crippen MR) is 47.7 cm³/mol. The van der Waals surface area contributed by atoms with Crippen LogP contribution in [0.4, 0.5) is 4.39 Å². The molecule has 1 fully saturated rings. The van der Waals surface area contributed by atoms with Crippen LogP contribution in [0.5, 0.6) is 0 Å².